The lowest BCUT2D eigenvalue weighted by Crippen LogP contribution is -2.20. The van der Waals surface area contributed by atoms with Crippen molar-refractivity contribution in [3.63, 3.8) is 0 Å². The molecule has 0 aromatic carbocycles. The molecule has 0 N–H and O–H groups in total. The van der Waals surface area contributed by atoms with Gasteiger partial charge < -0.3 is 9.30 Å². The molecule has 32 heavy (non-hydrogen) atoms. The van der Waals surface area contributed by atoms with Gasteiger partial charge in [0.25, 0.3) is 0 Å². The van der Waals surface area contributed by atoms with Crippen LogP contribution in [-0.4, -0.2) is 37.6 Å². The summed E-state index contributed by atoms with van der Waals surface area (Å²) in [5, 5.41) is 15.1. The lowest BCUT2D eigenvalue weighted by Gasteiger charge is -2.15. The van der Waals surface area contributed by atoms with Crippen LogP contribution in [0.3, 0.4) is 0 Å². The van der Waals surface area contributed by atoms with E-state index in [0.29, 0.717) is 5.56 Å². The van der Waals surface area contributed by atoms with Crippen LogP contribution in [0.25, 0.3) is 0 Å². The first-order valence-electron chi connectivity index (χ1n) is 10.9. The normalized spacial score (nSPS) is 13.7. The number of rotatable bonds is 9. The molecule has 0 fully saturated rings. The van der Waals surface area contributed by atoms with Crippen molar-refractivity contribution >= 4 is 17.4 Å². The Morgan fingerprint density at radius 1 is 1.19 bits per heavy atom. The lowest BCUT2D eigenvalue weighted by atomic mass is 9.97. The smallest absolute Gasteiger partial charge is 0.328 e. The summed E-state index contributed by atoms with van der Waals surface area (Å²) >= 11 is 0. The minimum atomic E-state index is -0.670. The van der Waals surface area contributed by atoms with Crippen molar-refractivity contribution in [2.24, 2.45) is 0 Å². The number of Topliss-reactive ketones (excluding diaryl/α,β-unsaturated/α-hetero) is 1. The van der Waals surface area contributed by atoms with Gasteiger partial charge in [0.15, 0.2) is 6.61 Å². The number of carbonyl (C=O) groups is 2. The highest BCUT2D eigenvalue weighted by atomic mass is 16.6. The Kier molecular flexibility index (Phi) is 7.27. The number of hydrogen-bond acceptors (Lipinski definition) is 6. The van der Waals surface area contributed by atoms with Crippen LogP contribution >= 0.6 is 0 Å². The molecule has 0 spiro atoms. The predicted molar refractivity (Wildman–Crippen MR) is 119 cm³/mol. The quantitative estimate of drug-likeness (QED) is 0.190. The Morgan fingerprint density at radius 2 is 1.94 bits per heavy atom. The SMILES string of the molecule is Cc1nn(CC(=O)OCC(=O)c2cc(C)n(CCC3=CCCCC3)c2C)c(C)c1[N+](=O)[O-]. The molecule has 0 saturated carbocycles. The van der Waals surface area contributed by atoms with Crippen LogP contribution in [0, 0.1) is 37.8 Å². The molecule has 0 saturated heterocycles. The molecule has 1 aliphatic rings. The molecule has 1 aliphatic carbocycles. The number of allylic oxidation sites excluding steroid dienone is 2. The Bertz CT molecular complexity index is 1080. The Morgan fingerprint density at radius 3 is 2.56 bits per heavy atom. The van der Waals surface area contributed by atoms with Gasteiger partial charge in [-0.05, 0) is 65.9 Å². The maximum atomic E-state index is 12.7. The molecule has 2 heterocycles. The number of hydrogen-bond donors (Lipinski definition) is 0. The third kappa shape index (κ3) is 5.15. The summed E-state index contributed by atoms with van der Waals surface area (Å²) in [7, 11) is 0. The van der Waals surface area contributed by atoms with Gasteiger partial charge in [0.2, 0.25) is 5.78 Å². The Balaban J connectivity index is 1.59. The van der Waals surface area contributed by atoms with Gasteiger partial charge >= 0.3 is 11.7 Å². The van der Waals surface area contributed by atoms with Crippen LogP contribution in [-0.2, 0) is 22.6 Å². The van der Waals surface area contributed by atoms with E-state index in [2.05, 4.69) is 15.7 Å². The number of esters is 1. The van der Waals surface area contributed by atoms with E-state index < -0.39 is 10.9 Å². The summed E-state index contributed by atoms with van der Waals surface area (Å²) in [6.45, 7) is 7.07. The molecule has 0 amide bonds. The maximum Gasteiger partial charge on any atom is 0.328 e. The monoisotopic (exact) mass is 442 g/mol. The second-order valence-corrected chi connectivity index (χ2v) is 8.31. The Hall–Kier alpha value is -3.23. The van der Waals surface area contributed by atoms with E-state index in [1.165, 1.54) is 36.9 Å². The zero-order valence-electron chi connectivity index (χ0n) is 19.1. The van der Waals surface area contributed by atoms with Gasteiger partial charge in [-0.15, -0.1) is 0 Å². The van der Waals surface area contributed by atoms with Crippen molar-refractivity contribution in [2.75, 3.05) is 6.61 Å². The van der Waals surface area contributed by atoms with E-state index in [1.807, 2.05) is 19.9 Å². The van der Waals surface area contributed by atoms with Gasteiger partial charge in [-0.2, -0.15) is 5.10 Å². The molecule has 2 aromatic heterocycles. The second-order valence-electron chi connectivity index (χ2n) is 8.31. The largest absolute Gasteiger partial charge is 0.456 e. The first-order valence-corrected chi connectivity index (χ1v) is 10.9. The highest BCUT2D eigenvalue weighted by molar-refractivity contribution is 5.99. The molecule has 0 radical (unpaired) electrons. The summed E-state index contributed by atoms with van der Waals surface area (Å²) in [5.41, 5.74) is 4.29. The number of aromatic nitrogens is 3. The fourth-order valence-electron chi connectivity index (χ4n) is 4.31. The predicted octanol–water partition coefficient (Wildman–Crippen LogP) is 4.14. The average Bonchev–Trinajstić information content (AvgIpc) is 3.19. The number of ketones is 1. The van der Waals surface area contributed by atoms with Crippen molar-refractivity contribution < 1.29 is 19.2 Å². The third-order valence-corrected chi connectivity index (χ3v) is 6.08. The van der Waals surface area contributed by atoms with Crippen LogP contribution in [0.4, 0.5) is 5.69 Å². The fourth-order valence-corrected chi connectivity index (χ4v) is 4.31. The van der Waals surface area contributed by atoms with Crippen molar-refractivity contribution in [3.8, 4) is 0 Å². The molecule has 0 aliphatic heterocycles. The third-order valence-electron chi connectivity index (χ3n) is 6.08. The van der Waals surface area contributed by atoms with Crippen molar-refractivity contribution in [3.05, 3.63) is 56.2 Å². The summed E-state index contributed by atoms with van der Waals surface area (Å²) in [6, 6.07) is 1.84. The standard InChI is InChI=1S/C23H30N4O5/c1-15-12-20(17(3)25(15)11-10-19-8-6-5-7-9-19)21(28)14-32-22(29)13-26-18(4)23(27(30)31)16(2)24-26/h8,12H,5-7,9-11,13-14H2,1-4H3. The summed E-state index contributed by atoms with van der Waals surface area (Å²) in [6.07, 6.45) is 8.13. The van der Waals surface area contributed by atoms with Crippen LogP contribution in [0.2, 0.25) is 0 Å². The number of nitro groups is 1. The molecular weight excluding hydrogens is 412 g/mol. The molecule has 9 nitrogen and oxygen atoms in total. The number of nitrogens with zero attached hydrogens (tertiary/aromatic N) is 4. The van der Waals surface area contributed by atoms with Crippen molar-refractivity contribution in [1.82, 2.24) is 14.3 Å². The maximum absolute atomic E-state index is 12.7. The van der Waals surface area contributed by atoms with Gasteiger partial charge in [-0.25, -0.2) is 0 Å². The van der Waals surface area contributed by atoms with Gasteiger partial charge in [0, 0.05) is 23.5 Å². The van der Waals surface area contributed by atoms with Crippen molar-refractivity contribution in [2.45, 2.75) is 72.9 Å². The van der Waals surface area contributed by atoms with Crippen LogP contribution in [0.1, 0.15) is 65.2 Å². The van der Waals surface area contributed by atoms with Gasteiger partial charge in [-0.1, -0.05) is 11.6 Å². The highest BCUT2D eigenvalue weighted by Crippen LogP contribution is 2.24. The summed E-state index contributed by atoms with van der Waals surface area (Å²) in [5.74, 6) is -0.939. The van der Waals surface area contributed by atoms with Crippen molar-refractivity contribution in [1.29, 1.82) is 0 Å². The molecule has 0 atom stereocenters. The van der Waals surface area contributed by atoms with E-state index in [4.69, 9.17) is 4.74 Å². The van der Waals surface area contributed by atoms with Gasteiger partial charge in [0.05, 0.1) is 4.92 Å². The van der Waals surface area contributed by atoms with Crippen LogP contribution in [0.15, 0.2) is 17.7 Å². The molecule has 9 heteroatoms. The first kappa shape index (κ1) is 23.4. The van der Waals surface area contributed by atoms with Crippen LogP contribution in [0.5, 0.6) is 0 Å². The van der Waals surface area contributed by atoms with E-state index in [-0.39, 0.29) is 36.0 Å². The summed E-state index contributed by atoms with van der Waals surface area (Å²) < 4.78 is 8.52. The topological polar surface area (TPSA) is 109 Å². The molecule has 0 unspecified atom stereocenters. The number of ether oxygens (including phenoxy) is 1. The van der Waals surface area contributed by atoms with E-state index in [1.54, 1.807) is 0 Å². The first-order chi connectivity index (χ1) is 15.2. The molecule has 0 bridgehead atoms. The van der Waals surface area contributed by atoms with E-state index in [0.717, 1.165) is 37.2 Å². The number of aryl methyl sites for hydroxylation is 2. The van der Waals surface area contributed by atoms with E-state index >= 15 is 0 Å². The number of carbonyl (C=O) groups excluding carboxylic acids is 2. The zero-order chi connectivity index (χ0) is 23.4. The minimum Gasteiger partial charge on any atom is -0.456 e. The lowest BCUT2D eigenvalue weighted by molar-refractivity contribution is -0.386. The van der Waals surface area contributed by atoms with Crippen LogP contribution < -0.4 is 0 Å². The second kappa shape index (κ2) is 9.93. The summed E-state index contributed by atoms with van der Waals surface area (Å²) in [4.78, 5) is 35.5. The average molecular weight is 443 g/mol. The van der Waals surface area contributed by atoms with Gasteiger partial charge in [-0.3, -0.25) is 24.4 Å². The molecule has 172 valence electrons. The minimum absolute atomic E-state index is 0.120. The molecular formula is C23H30N4O5. The zero-order valence-corrected chi connectivity index (χ0v) is 19.1. The highest BCUT2D eigenvalue weighted by Gasteiger charge is 2.24. The van der Waals surface area contributed by atoms with E-state index in [9.17, 15) is 19.7 Å². The van der Waals surface area contributed by atoms with Gasteiger partial charge in [0.1, 0.15) is 17.9 Å². The molecule has 3 rings (SSSR count). The fraction of sp³-hybridized carbons (Fsp3) is 0.522. The Labute approximate surface area is 187 Å². The molecule has 2 aromatic rings.